The Hall–Kier alpha value is -4.67. The average molecular weight is 595 g/mol. The van der Waals surface area contributed by atoms with Gasteiger partial charge in [0, 0.05) is 65.1 Å². The molecular weight excluding hydrogens is 562 g/mol. The van der Waals surface area contributed by atoms with Crippen LogP contribution in [0.2, 0.25) is 0 Å². The van der Waals surface area contributed by atoms with Gasteiger partial charge in [-0.1, -0.05) is 30.3 Å². The van der Waals surface area contributed by atoms with Crippen LogP contribution in [0.3, 0.4) is 0 Å². The number of aryl methyl sites for hydroxylation is 3. The molecule has 44 heavy (non-hydrogen) atoms. The summed E-state index contributed by atoms with van der Waals surface area (Å²) >= 11 is 0. The number of fused-ring (bicyclic) bond motifs is 6. The van der Waals surface area contributed by atoms with Crippen LogP contribution in [-0.4, -0.2) is 33.7 Å². The van der Waals surface area contributed by atoms with E-state index in [-0.39, 0.29) is 36.3 Å². The summed E-state index contributed by atoms with van der Waals surface area (Å²) in [6.45, 7) is 7.04. The number of rotatable bonds is 5. The molecule has 0 spiro atoms. The van der Waals surface area contributed by atoms with Gasteiger partial charge in [-0.2, -0.15) is 0 Å². The van der Waals surface area contributed by atoms with E-state index in [2.05, 4.69) is 0 Å². The maximum Gasteiger partial charge on any atom is 0.339 e. The van der Waals surface area contributed by atoms with E-state index < -0.39 is 16.4 Å². The molecule has 7 rings (SSSR count). The molecule has 1 N–H and O–H groups in total. The zero-order valence-corrected chi connectivity index (χ0v) is 24.8. The largest absolute Gasteiger partial charge is 0.733 e. The van der Waals surface area contributed by atoms with Crippen LogP contribution >= 0.6 is 0 Å². The van der Waals surface area contributed by atoms with E-state index in [0.717, 1.165) is 50.9 Å². The predicted octanol–water partition coefficient (Wildman–Crippen LogP) is 5.57. The van der Waals surface area contributed by atoms with E-state index in [9.17, 15) is 24.8 Å². The number of furan rings is 1. The van der Waals surface area contributed by atoms with E-state index >= 15 is 0 Å². The van der Waals surface area contributed by atoms with Crippen LogP contribution in [0.5, 0.6) is 0 Å². The maximum atomic E-state index is 13.5. The molecule has 5 heterocycles. The highest BCUT2D eigenvalue weighted by atomic mass is 16.8. The van der Waals surface area contributed by atoms with Crippen molar-refractivity contribution in [1.29, 1.82) is 0 Å². The van der Waals surface area contributed by atoms with Crippen LogP contribution in [0.4, 0.5) is 5.69 Å². The van der Waals surface area contributed by atoms with E-state index in [0.29, 0.717) is 36.4 Å². The third-order valence-corrected chi connectivity index (χ3v) is 9.43. The van der Waals surface area contributed by atoms with E-state index in [1.54, 1.807) is 10.6 Å². The van der Waals surface area contributed by atoms with Crippen LogP contribution in [0.15, 0.2) is 67.0 Å². The Bertz CT molecular complexity index is 2070. The van der Waals surface area contributed by atoms with Crippen molar-refractivity contribution in [2.75, 3.05) is 18.3 Å². The number of aromatic nitrogens is 1. The maximum absolute atomic E-state index is 13.5. The Morgan fingerprint density at radius 3 is 2.48 bits per heavy atom. The SMILES string of the molecule is Cc1oc2c(C)c3oc(=O)c(CCC(=O)N4CC5CC(C4)c4ccc(N([O-])O)c(=O)n4C5)c(C)c3cc2c1-c1ccccc1. The summed E-state index contributed by atoms with van der Waals surface area (Å²) in [5, 5.41) is 22.0. The van der Waals surface area contributed by atoms with E-state index in [1.165, 1.54) is 6.07 Å². The molecule has 2 unspecified atom stereocenters. The molecule has 2 aliphatic heterocycles. The monoisotopic (exact) mass is 594 g/mol. The van der Waals surface area contributed by atoms with E-state index in [1.807, 2.05) is 62.1 Å². The van der Waals surface area contributed by atoms with Gasteiger partial charge in [-0.15, -0.1) is 0 Å². The van der Waals surface area contributed by atoms with Gasteiger partial charge in [-0.3, -0.25) is 14.8 Å². The fourth-order valence-electron chi connectivity index (χ4n) is 7.30. The molecule has 1 amide bonds. The lowest BCUT2D eigenvalue weighted by Crippen LogP contribution is -2.49. The topological polar surface area (TPSA) is 132 Å². The number of amides is 1. The molecule has 2 bridgehead atoms. The van der Waals surface area contributed by atoms with Crippen LogP contribution in [-0.2, 0) is 17.8 Å². The van der Waals surface area contributed by atoms with Gasteiger partial charge >= 0.3 is 5.63 Å². The highest BCUT2D eigenvalue weighted by Crippen LogP contribution is 2.40. The molecular formula is C34H32N3O7-. The molecule has 1 fully saturated rings. The Kier molecular flexibility index (Phi) is 6.71. The van der Waals surface area contributed by atoms with Gasteiger partial charge in [0.25, 0.3) is 5.56 Å². The first-order valence-electron chi connectivity index (χ1n) is 14.8. The number of pyridine rings is 1. The third kappa shape index (κ3) is 4.44. The predicted molar refractivity (Wildman–Crippen MR) is 166 cm³/mol. The van der Waals surface area contributed by atoms with Crippen LogP contribution in [0.1, 0.15) is 46.9 Å². The normalized spacial score (nSPS) is 17.7. The number of carbonyl (C=O) groups is 1. The molecule has 5 aromatic rings. The molecule has 3 aromatic heterocycles. The lowest BCUT2D eigenvalue weighted by Gasteiger charge is -2.43. The second kappa shape index (κ2) is 10.5. The molecule has 226 valence electrons. The van der Waals surface area contributed by atoms with Crippen molar-refractivity contribution in [2.45, 2.75) is 52.5 Å². The zero-order valence-electron chi connectivity index (χ0n) is 24.8. The molecule has 1 saturated heterocycles. The minimum absolute atomic E-state index is 0.0482. The van der Waals surface area contributed by atoms with Gasteiger partial charge in [-0.25, -0.2) is 4.79 Å². The number of nitrogens with zero attached hydrogens (tertiary/aromatic N) is 3. The van der Waals surface area contributed by atoms with Gasteiger partial charge in [0.05, 0.1) is 0 Å². The van der Waals surface area contributed by atoms with E-state index in [4.69, 9.17) is 8.83 Å². The summed E-state index contributed by atoms with van der Waals surface area (Å²) in [7, 11) is 0. The highest BCUT2D eigenvalue weighted by molar-refractivity contribution is 6.05. The minimum Gasteiger partial charge on any atom is -0.733 e. The van der Waals surface area contributed by atoms with Crippen molar-refractivity contribution in [2.24, 2.45) is 5.92 Å². The summed E-state index contributed by atoms with van der Waals surface area (Å²) in [4.78, 5) is 41.3. The second-order valence-electron chi connectivity index (χ2n) is 12.1. The summed E-state index contributed by atoms with van der Waals surface area (Å²) in [5.41, 5.74) is 4.74. The van der Waals surface area contributed by atoms with Crippen molar-refractivity contribution >= 4 is 33.5 Å². The zero-order chi connectivity index (χ0) is 30.9. The molecule has 10 heteroatoms. The summed E-state index contributed by atoms with van der Waals surface area (Å²) < 4.78 is 13.6. The lowest BCUT2D eigenvalue weighted by atomic mass is 9.83. The van der Waals surface area contributed by atoms with Crippen LogP contribution in [0.25, 0.3) is 33.1 Å². The summed E-state index contributed by atoms with van der Waals surface area (Å²) in [6.07, 6.45) is 1.23. The number of likely N-dealkylation sites (tertiary alicyclic amines) is 1. The quantitative estimate of drug-likeness (QED) is 0.207. The van der Waals surface area contributed by atoms with Crippen molar-refractivity contribution in [3.05, 3.63) is 103 Å². The van der Waals surface area contributed by atoms with Gasteiger partial charge in [0.15, 0.2) is 0 Å². The average Bonchev–Trinajstić information content (AvgIpc) is 3.34. The number of benzene rings is 2. The smallest absolute Gasteiger partial charge is 0.339 e. The van der Waals surface area contributed by atoms with Crippen molar-refractivity contribution < 1.29 is 18.8 Å². The molecule has 2 aromatic carbocycles. The van der Waals surface area contributed by atoms with Crippen molar-refractivity contribution in [1.82, 2.24) is 9.47 Å². The van der Waals surface area contributed by atoms with Crippen LogP contribution in [0, 0.1) is 31.9 Å². The van der Waals surface area contributed by atoms with Crippen molar-refractivity contribution in [3.8, 4) is 11.1 Å². The first-order chi connectivity index (χ1) is 21.1. The minimum atomic E-state index is -0.526. The highest BCUT2D eigenvalue weighted by Gasteiger charge is 2.36. The Morgan fingerprint density at radius 1 is 0.977 bits per heavy atom. The first-order valence-corrected chi connectivity index (χ1v) is 14.8. The third-order valence-electron chi connectivity index (χ3n) is 9.43. The number of anilines is 1. The van der Waals surface area contributed by atoms with Gasteiger partial charge in [0.2, 0.25) is 5.91 Å². The fraction of sp³-hybridized carbons (Fsp3) is 0.324. The second-order valence-corrected chi connectivity index (χ2v) is 12.1. The van der Waals surface area contributed by atoms with Crippen molar-refractivity contribution in [3.63, 3.8) is 0 Å². The molecule has 10 nitrogen and oxygen atoms in total. The summed E-state index contributed by atoms with van der Waals surface area (Å²) in [6, 6.07) is 15.1. The van der Waals surface area contributed by atoms with Gasteiger partial charge in [0.1, 0.15) is 22.6 Å². The number of hydrogen-bond acceptors (Lipinski definition) is 8. The van der Waals surface area contributed by atoms with Gasteiger partial charge in [-0.05, 0) is 68.9 Å². The lowest BCUT2D eigenvalue weighted by molar-refractivity contribution is -0.133. The number of piperidine rings is 1. The fourth-order valence-corrected chi connectivity index (χ4v) is 7.30. The molecule has 2 aliphatic rings. The summed E-state index contributed by atoms with van der Waals surface area (Å²) in [5.74, 6) is 0.722. The molecule has 0 saturated carbocycles. The Labute approximate surface area is 252 Å². The standard InChI is InChI=1S/C34H32N3O7/c1-18-24(9-12-29(38)35-15-21-13-23(17-35)27-10-11-28(37(41)42)33(39)36(27)16-21)34(40)44-31-19(2)32-26(14-25(18)31)30(20(3)43-32)22-7-5-4-6-8-22/h4-8,10-11,14,21,23,41H,9,12-13,15-17H2,1-3H3/q-1. The van der Waals surface area contributed by atoms with Gasteiger partial charge < -0.3 is 28.7 Å². The molecule has 0 radical (unpaired) electrons. The number of carbonyl (C=O) groups excluding carboxylic acids is 1. The van der Waals surface area contributed by atoms with Crippen LogP contribution < -0.4 is 16.4 Å². The molecule has 0 aliphatic carbocycles. The Balaban J connectivity index is 1.16. The Morgan fingerprint density at radius 2 is 1.73 bits per heavy atom. The first kappa shape index (κ1) is 28.1. The number of hydrogen-bond donors (Lipinski definition) is 1. The molecule has 2 atom stereocenters.